The van der Waals surface area contributed by atoms with Gasteiger partial charge in [0.1, 0.15) is 0 Å². The lowest BCUT2D eigenvalue weighted by atomic mass is 10.1. The van der Waals surface area contributed by atoms with Gasteiger partial charge in [-0.3, -0.25) is 4.72 Å². The number of nitrogens with zero attached hydrogens (tertiary/aromatic N) is 1. The Hall–Kier alpha value is -1.80. The van der Waals surface area contributed by atoms with Gasteiger partial charge in [-0.05, 0) is 36.8 Å². The van der Waals surface area contributed by atoms with Gasteiger partial charge in [-0.25, -0.2) is 13.4 Å². The minimum atomic E-state index is -3.28. The van der Waals surface area contributed by atoms with Crippen LogP contribution in [0.25, 0.3) is 11.3 Å². The average Bonchev–Trinajstić information content (AvgIpc) is 2.99. The number of hydrogen-bond acceptors (Lipinski definition) is 5. The Morgan fingerprint density at radius 1 is 1.12 bits per heavy atom. The molecule has 0 aliphatic rings. The summed E-state index contributed by atoms with van der Waals surface area (Å²) in [6.07, 6.45) is 1.12. The summed E-state index contributed by atoms with van der Waals surface area (Å²) in [7, 11) is -3.28. The van der Waals surface area contributed by atoms with Gasteiger partial charge in [0, 0.05) is 27.3 Å². The van der Waals surface area contributed by atoms with E-state index in [0.29, 0.717) is 10.7 Å². The maximum absolute atomic E-state index is 11.2. The topological polar surface area (TPSA) is 71.1 Å². The number of rotatable bonds is 5. The van der Waals surface area contributed by atoms with Crippen LogP contribution in [-0.4, -0.2) is 19.7 Å². The van der Waals surface area contributed by atoms with Crippen molar-refractivity contribution in [3.63, 3.8) is 0 Å². The second kappa shape index (κ2) is 8.26. The fourth-order valence-electron chi connectivity index (χ4n) is 2.23. The second-order valence-electron chi connectivity index (χ2n) is 5.57. The summed E-state index contributed by atoms with van der Waals surface area (Å²) in [5, 5.41) is 6.65. The number of halogens is 2. The van der Waals surface area contributed by atoms with Crippen molar-refractivity contribution in [2.24, 2.45) is 0 Å². The molecule has 0 aliphatic carbocycles. The largest absolute Gasteiger partial charge is 0.331 e. The summed E-state index contributed by atoms with van der Waals surface area (Å²) in [5.74, 6) is 0. The number of thiazole rings is 1. The van der Waals surface area contributed by atoms with Crippen LogP contribution >= 0.6 is 35.3 Å². The normalized spacial score (nSPS) is 10.9. The summed E-state index contributed by atoms with van der Waals surface area (Å²) in [4.78, 5) is 4.58. The van der Waals surface area contributed by atoms with Gasteiger partial charge >= 0.3 is 0 Å². The molecule has 0 unspecified atom stereocenters. The van der Waals surface area contributed by atoms with E-state index in [0.717, 1.165) is 33.9 Å². The van der Waals surface area contributed by atoms with Crippen molar-refractivity contribution in [3.8, 4) is 11.3 Å². The van der Waals surface area contributed by atoms with Crippen molar-refractivity contribution in [3.05, 3.63) is 58.4 Å². The first-order chi connectivity index (χ1) is 11.8. The maximum Gasteiger partial charge on any atom is 0.229 e. The molecule has 9 heteroatoms. The Labute approximate surface area is 167 Å². The number of benzene rings is 2. The standard InChI is InChI=1S/C17H16ClN3O2S2.ClH/c1-11-3-6-13(18)9-15(11)19-17-20-16(10-24-17)12-4-7-14(8-5-12)21-25(2,22)23;/h3-10,21H,1-2H3,(H,19,20);1H. The Morgan fingerprint density at radius 3 is 2.46 bits per heavy atom. The molecule has 0 bridgehead atoms. The molecule has 3 rings (SSSR count). The Kier molecular flexibility index (Phi) is 6.52. The molecule has 0 fully saturated rings. The van der Waals surface area contributed by atoms with Crippen molar-refractivity contribution in [1.82, 2.24) is 4.98 Å². The average molecular weight is 430 g/mol. The van der Waals surface area contributed by atoms with E-state index in [-0.39, 0.29) is 12.4 Å². The highest BCUT2D eigenvalue weighted by molar-refractivity contribution is 7.92. The SMILES string of the molecule is Cc1ccc(Cl)cc1Nc1nc(-c2ccc(NS(C)(=O)=O)cc2)cs1.Cl. The number of nitrogens with one attached hydrogen (secondary N) is 2. The lowest BCUT2D eigenvalue weighted by Gasteiger charge is -2.07. The third kappa shape index (κ3) is 5.35. The third-order valence-corrected chi connectivity index (χ3v) is 5.03. The third-order valence-electron chi connectivity index (χ3n) is 3.43. The van der Waals surface area contributed by atoms with Crippen molar-refractivity contribution in [2.45, 2.75) is 6.92 Å². The predicted octanol–water partition coefficient (Wildman–Crippen LogP) is 5.31. The van der Waals surface area contributed by atoms with Crippen LogP contribution in [0.2, 0.25) is 5.02 Å². The molecule has 2 aromatic carbocycles. The monoisotopic (exact) mass is 429 g/mol. The van der Waals surface area contributed by atoms with Crippen LogP contribution in [0.15, 0.2) is 47.8 Å². The molecule has 3 aromatic rings. The summed E-state index contributed by atoms with van der Waals surface area (Å²) < 4.78 is 24.9. The zero-order valence-corrected chi connectivity index (χ0v) is 17.2. The summed E-state index contributed by atoms with van der Waals surface area (Å²) in [6.45, 7) is 2.00. The Balaban J connectivity index is 0.00000243. The fraction of sp³-hybridized carbons (Fsp3) is 0.118. The lowest BCUT2D eigenvalue weighted by molar-refractivity contribution is 0.607. The first kappa shape index (κ1) is 20.5. The van der Waals surface area contributed by atoms with Crippen LogP contribution in [0, 0.1) is 6.92 Å². The van der Waals surface area contributed by atoms with Gasteiger partial charge in [-0.15, -0.1) is 23.7 Å². The van der Waals surface area contributed by atoms with E-state index in [2.05, 4.69) is 15.0 Å². The first-order valence-corrected chi connectivity index (χ1v) is 10.5. The zero-order chi connectivity index (χ0) is 18.0. The van der Waals surface area contributed by atoms with Crippen LogP contribution in [0.4, 0.5) is 16.5 Å². The van der Waals surface area contributed by atoms with Gasteiger partial charge in [0.25, 0.3) is 0 Å². The Bertz CT molecular complexity index is 1000. The molecule has 0 radical (unpaired) electrons. The van der Waals surface area contributed by atoms with Crippen LogP contribution in [0.5, 0.6) is 0 Å². The quantitative estimate of drug-likeness (QED) is 0.576. The molecule has 1 aromatic heterocycles. The van der Waals surface area contributed by atoms with Gasteiger partial charge in [0.05, 0.1) is 11.9 Å². The predicted molar refractivity (Wildman–Crippen MR) is 113 cm³/mol. The number of aryl methyl sites for hydroxylation is 1. The summed E-state index contributed by atoms with van der Waals surface area (Å²) >= 11 is 7.53. The maximum atomic E-state index is 11.2. The minimum absolute atomic E-state index is 0. The second-order valence-corrected chi connectivity index (χ2v) is 8.62. The van der Waals surface area contributed by atoms with Crippen molar-refractivity contribution in [1.29, 1.82) is 0 Å². The molecule has 26 heavy (non-hydrogen) atoms. The van der Waals surface area contributed by atoms with E-state index in [1.807, 2.05) is 42.6 Å². The molecule has 5 nitrogen and oxygen atoms in total. The van der Waals surface area contributed by atoms with Crippen molar-refractivity contribution < 1.29 is 8.42 Å². The number of anilines is 3. The number of sulfonamides is 1. The molecule has 0 saturated carbocycles. The molecule has 2 N–H and O–H groups in total. The van der Waals surface area contributed by atoms with Crippen LogP contribution < -0.4 is 10.0 Å². The van der Waals surface area contributed by atoms with Gasteiger partial charge in [-0.1, -0.05) is 29.8 Å². The van der Waals surface area contributed by atoms with Crippen molar-refractivity contribution >= 4 is 61.9 Å². The molecular weight excluding hydrogens is 413 g/mol. The Morgan fingerprint density at radius 2 is 1.81 bits per heavy atom. The first-order valence-electron chi connectivity index (χ1n) is 7.37. The highest BCUT2D eigenvalue weighted by Crippen LogP contribution is 2.30. The molecule has 0 saturated heterocycles. The fourth-order valence-corrected chi connectivity index (χ4v) is 3.70. The minimum Gasteiger partial charge on any atom is -0.331 e. The van der Waals surface area contributed by atoms with Gasteiger partial charge in [-0.2, -0.15) is 0 Å². The zero-order valence-electron chi connectivity index (χ0n) is 14.0. The van der Waals surface area contributed by atoms with Gasteiger partial charge in [0.2, 0.25) is 10.0 Å². The molecule has 138 valence electrons. The van der Waals surface area contributed by atoms with Gasteiger partial charge < -0.3 is 5.32 Å². The molecule has 0 amide bonds. The van der Waals surface area contributed by atoms with Crippen LogP contribution in [0.1, 0.15) is 5.56 Å². The highest BCUT2D eigenvalue weighted by Gasteiger charge is 2.08. The lowest BCUT2D eigenvalue weighted by Crippen LogP contribution is -2.09. The summed E-state index contributed by atoms with van der Waals surface area (Å²) in [5.41, 5.74) is 4.25. The molecule has 1 heterocycles. The van der Waals surface area contributed by atoms with Crippen LogP contribution in [0.3, 0.4) is 0 Å². The molecule has 0 atom stereocenters. The van der Waals surface area contributed by atoms with E-state index >= 15 is 0 Å². The molecule has 0 spiro atoms. The van der Waals surface area contributed by atoms with E-state index < -0.39 is 10.0 Å². The number of aromatic nitrogens is 1. The highest BCUT2D eigenvalue weighted by atomic mass is 35.5. The van der Waals surface area contributed by atoms with E-state index in [1.165, 1.54) is 11.3 Å². The smallest absolute Gasteiger partial charge is 0.229 e. The van der Waals surface area contributed by atoms with Crippen LogP contribution in [-0.2, 0) is 10.0 Å². The summed E-state index contributed by atoms with van der Waals surface area (Å²) in [6, 6.07) is 12.7. The molecular formula is C17H17Cl2N3O2S2. The molecule has 0 aliphatic heterocycles. The van der Waals surface area contributed by atoms with E-state index in [1.54, 1.807) is 12.1 Å². The van der Waals surface area contributed by atoms with E-state index in [9.17, 15) is 8.42 Å². The van der Waals surface area contributed by atoms with Gasteiger partial charge in [0.15, 0.2) is 5.13 Å². The van der Waals surface area contributed by atoms with Crippen molar-refractivity contribution in [2.75, 3.05) is 16.3 Å². The number of hydrogen-bond donors (Lipinski definition) is 2. The van der Waals surface area contributed by atoms with E-state index in [4.69, 9.17) is 11.6 Å².